The molecule has 0 aromatic heterocycles. The number of nitro groups is 1. The molecule has 2 amide bonds. The number of hydrogen-bond acceptors (Lipinski definition) is 6. The van der Waals surface area contributed by atoms with Gasteiger partial charge in [0.15, 0.2) is 0 Å². The van der Waals surface area contributed by atoms with Gasteiger partial charge >= 0.3 is 0 Å². The number of rotatable bonds is 5. The Labute approximate surface area is 176 Å². The molecule has 0 saturated carbocycles. The number of amides is 2. The average molecular weight is 428 g/mol. The molecule has 9 heteroatoms. The van der Waals surface area contributed by atoms with E-state index in [1.165, 1.54) is 23.1 Å². The first-order valence-corrected chi connectivity index (χ1v) is 9.88. The van der Waals surface area contributed by atoms with Crippen molar-refractivity contribution >= 4 is 57.6 Å². The van der Waals surface area contributed by atoms with Gasteiger partial charge in [0.25, 0.3) is 11.6 Å². The van der Waals surface area contributed by atoms with E-state index >= 15 is 0 Å². The summed E-state index contributed by atoms with van der Waals surface area (Å²) >= 11 is 6.36. The maximum absolute atomic E-state index is 12.8. The largest absolute Gasteiger partial charge is 0.324 e. The van der Waals surface area contributed by atoms with Gasteiger partial charge in [-0.15, -0.1) is 0 Å². The predicted octanol–water partition coefficient (Wildman–Crippen LogP) is 4.13. The SMILES string of the molecule is Cc1ccc(NC(=O)C(C)N2C(=O)/C(=C/c3cccc([N+](=O)[O-])c3)SC2=S)cc1. The van der Waals surface area contributed by atoms with Gasteiger partial charge in [0, 0.05) is 17.8 Å². The topological polar surface area (TPSA) is 92.6 Å². The summed E-state index contributed by atoms with van der Waals surface area (Å²) in [7, 11) is 0. The Morgan fingerprint density at radius 3 is 2.62 bits per heavy atom. The minimum atomic E-state index is -0.806. The van der Waals surface area contributed by atoms with Crippen LogP contribution in [0.5, 0.6) is 0 Å². The van der Waals surface area contributed by atoms with Gasteiger partial charge in [-0.3, -0.25) is 24.6 Å². The maximum Gasteiger partial charge on any atom is 0.270 e. The normalized spacial score (nSPS) is 16.2. The van der Waals surface area contributed by atoms with Crippen molar-refractivity contribution < 1.29 is 14.5 Å². The molecular formula is C20H17N3O4S2. The standard InChI is InChI=1S/C20H17N3O4S2/c1-12-6-8-15(9-7-12)21-18(24)13(2)22-19(25)17(29-20(22)28)11-14-4-3-5-16(10-14)23(26)27/h3-11,13H,1-2H3,(H,21,24)/b17-11-. The molecule has 2 aromatic rings. The molecule has 1 aliphatic rings. The highest BCUT2D eigenvalue weighted by Crippen LogP contribution is 2.34. The zero-order valence-corrected chi connectivity index (χ0v) is 17.3. The third-order valence-corrected chi connectivity index (χ3v) is 5.62. The minimum Gasteiger partial charge on any atom is -0.324 e. The number of nitrogens with zero attached hydrogens (tertiary/aromatic N) is 2. The van der Waals surface area contributed by atoms with Crippen molar-refractivity contribution in [3.05, 3.63) is 74.7 Å². The number of thiocarbonyl (C=S) groups is 1. The van der Waals surface area contributed by atoms with Crippen molar-refractivity contribution in [3.63, 3.8) is 0 Å². The highest BCUT2D eigenvalue weighted by atomic mass is 32.2. The molecule has 1 unspecified atom stereocenters. The van der Waals surface area contributed by atoms with Gasteiger partial charge in [-0.05, 0) is 37.6 Å². The Morgan fingerprint density at radius 2 is 1.97 bits per heavy atom. The third kappa shape index (κ3) is 4.69. The predicted molar refractivity (Wildman–Crippen MR) is 117 cm³/mol. The van der Waals surface area contributed by atoms with E-state index in [1.54, 1.807) is 31.2 Å². The molecule has 0 bridgehead atoms. The number of non-ortho nitro benzene ring substituents is 1. The van der Waals surface area contributed by atoms with Crippen molar-refractivity contribution in [1.29, 1.82) is 0 Å². The van der Waals surface area contributed by atoms with Crippen LogP contribution in [-0.2, 0) is 9.59 Å². The molecule has 0 radical (unpaired) electrons. The number of benzene rings is 2. The smallest absolute Gasteiger partial charge is 0.270 e. The van der Waals surface area contributed by atoms with E-state index < -0.39 is 16.9 Å². The molecule has 1 atom stereocenters. The summed E-state index contributed by atoms with van der Waals surface area (Å²) in [6.45, 7) is 3.55. The minimum absolute atomic E-state index is 0.0694. The van der Waals surface area contributed by atoms with E-state index in [1.807, 2.05) is 19.1 Å². The Bertz CT molecular complexity index is 1030. The summed E-state index contributed by atoms with van der Waals surface area (Å²) in [6, 6.07) is 12.5. The van der Waals surface area contributed by atoms with E-state index in [2.05, 4.69) is 5.32 Å². The van der Waals surface area contributed by atoms with Crippen molar-refractivity contribution in [2.24, 2.45) is 0 Å². The number of nitro benzene ring substituents is 1. The van der Waals surface area contributed by atoms with E-state index in [9.17, 15) is 19.7 Å². The van der Waals surface area contributed by atoms with Gasteiger partial charge in [-0.25, -0.2) is 0 Å². The lowest BCUT2D eigenvalue weighted by molar-refractivity contribution is -0.384. The summed E-state index contributed by atoms with van der Waals surface area (Å²) in [6.07, 6.45) is 1.54. The van der Waals surface area contributed by atoms with Crippen LogP contribution in [0.4, 0.5) is 11.4 Å². The van der Waals surface area contributed by atoms with Crippen LogP contribution in [0.1, 0.15) is 18.1 Å². The molecule has 148 valence electrons. The van der Waals surface area contributed by atoms with Gasteiger partial charge in [0.05, 0.1) is 9.83 Å². The maximum atomic E-state index is 12.8. The van der Waals surface area contributed by atoms with Crippen LogP contribution in [0.15, 0.2) is 53.4 Å². The van der Waals surface area contributed by atoms with Gasteiger partial charge in [-0.1, -0.05) is 53.8 Å². The Hall–Kier alpha value is -3.04. The van der Waals surface area contributed by atoms with E-state index in [-0.39, 0.29) is 15.9 Å². The highest BCUT2D eigenvalue weighted by Gasteiger charge is 2.38. The lowest BCUT2D eigenvalue weighted by atomic mass is 10.1. The number of nitrogens with one attached hydrogen (secondary N) is 1. The molecule has 1 N–H and O–H groups in total. The Morgan fingerprint density at radius 1 is 1.28 bits per heavy atom. The Balaban J connectivity index is 1.77. The van der Waals surface area contributed by atoms with Crippen LogP contribution in [0.2, 0.25) is 0 Å². The molecule has 2 aromatic carbocycles. The molecule has 1 saturated heterocycles. The van der Waals surface area contributed by atoms with Crippen molar-refractivity contribution in [2.45, 2.75) is 19.9 Å². The number of aryl methyl sites for hydroxylation is 1. The number of thioether (sulfide) groups is 1. The fraction of sp³-hybridized carbons (Fsp3) is 0.150. The average Bonchev–Trinajstić information content (AvgIpc) is 2.96. The second-order valence-electron chi connectivity index (χ2n) is 6.44. The molecule has 7 nitrogen and oxygen atoms in total. The van der Waals surface area contributed by atoms with Crippen molar-refractivity contribution in [1.82, 2.24) is 4.90 Å². The molecule has 29 heavy (non-hydrogen) atoms. The van der Waals surface area contributed by atoms with Gasteiger partial charge < -0.3 is 5.32 Å². The Kier molecular flexibility index (Phi) is 6.09. The third-order valence-electron chi connectivity index (χ3n) is 4.29. The molecule has 3 rings (SSSR count). The summed E-state index contributed by atoms with van der Waals surface area (Å²) in [5, 5.41) is 13.7. The van der Waals surface area contributed by atoms with Crippen LogP contribution >= 0.6 is 24.0 Å². The van der Waals surface area contributed by atoms with Crippen molar-refractivity contribution in [2.75, 3.05) is 5.32 Å². The van der Waals surface area contributed by atoms with Gasteiger partial charge in [0.1, 0.15) is 10.4 Å². The number of carbonyl (C=O) groups is 2. The van der Waals surface area contributed by atoms with Crippen LogP contribution in [0.25, 0.3) is 6.08 Å². The first-order valence-electron chi connectivity index (χ1n) is 8.65. The van der Waals surface area contributed by atoms with E-state index in [0.29, 0.717) is 16.2 Å². The van der Waals surface area contributed by atoms with Crippen molar-refractivity contribution in [3.8, 4) is 0 Å². The van der Waals surface area contributed by atoms with E-state index in [0.717, 1.165) is 17.3 Å². The summed E-state index contributed by atoms with van der Waals surface area (Å²) in [4.78, 5) is 37.4. The molecule has 0 aliphatic carbocycles. The molecule has 1 aliphatic heterocycles. The summed E-state index contributed by atoms with van der Waals surface area (Å²) < 4.78 is 0.262. The lowest BCUT2D eigenvalue weighted by Crippen LogP contribution is -2.44. The molecule has 1 heterocycles. The van der Waals surface area contributed by atoms with E-state index in [4.69, 9.17) is 12.2 Å². The second kappa shape index (κ2) is 8.54. The highest BCUT2D eigenvalue weighted by molar-refractivity contribution is 8.26. The summed E-state index contributed by atoms with van der Waals surface area (Å²) in [5.41, 5.74) is 2.14. The van der Waals surface area contributed by atoms with Crippen LogP contribution in [-0.4, -0.2) is 32.0 Å². The van der Waals surface area contributed by atoms with Crippen LogP contribution in [0.3, 0.4) is 0 Å². The second-order valence-corrected chi connectivity index (χ2v) is 8.11. The molecular weight excluding hydrogens is 410 g/mol. The quantitative estimate of drug-likeness (QED) is 0.334. The fourth-order valence-corrected chi connectivity index (χ4v) is 4.11. The fourth-order valence-electron chi connectivity index (χ4n) is 2.69. The monoisotopic (exact) mass is 427 g/mol. The van der Waals surface area contributed by atoms with Crippen LogP contribution < -0.4 is 5.32 Å². The number of anilines is 1. The first-order chi connectivity index (χ1) is 13.8. The first kappa shape index (κ1) is 20.7. The summed E-state index contributed by atoms with van der Waals surface area (Å²) in [5.74, 6) is -0.764. The number of carbonyl (C=O) groups excluding carboxylic acids is 2. The zero-order chi connectivity index (χ0) is 21.1. The van der Waals surface area contributed by atoms with Gasteiger partial charge in [0.2, 0.25) is 5.91 Å². The number of hydrogen-bond donors (Lipinski definition) is 1. The van der Waals surface area contributed by atoms with Gasteiger partial charge in [-0.2, -0.15) is 0 Å². The molecule has 1 fully saturated rings. The van der Waals surface area contributed by atoms with Crippen LogP contribution in [0, 0.1) is 17.0 Å². The zero-order valence-electron chi connectivity index (χ0n) is 15.6. The molecule has 0 spiro atoms. The lowest BCUT2D eigenvalue weighted by Gasteiger charge is -2.22.